The van der Waals surface area contributed by atoms with Crippen molar-refractivity contribution in [1.29, 1.82) is 0 Å². The van der Waals surface area contributed by atoms with Gasteiger partial charge in [-0.05, 0) is 19.4 Å². The summed E-state index contributed by atoms with van der Waals surface area (Å²) in [5, 5.41) is 6.64. The first-order valence-electron chi connectivity index (χ1n) is 8.39. The summed E-state index contributed by atoms with van der Waals surface area (Å²) in [7, 11) is 0. The van der Waals surface area contributed by atoms with Crippen molar-refractivity contribution in [3.8, 4) is 0 Å². The maximum atomic E-state index is 12.7. The smallest absolute Gasteiger partial charge is 0.254 e. The van der Waals surface area contributed by atoms with Crippen molar-refractivity contribution < 1.29 is 4.79 Å². The molecule has 0 aromatic carbocycles. The summed E-state index contributed by atoms with van der Waals surface area (Å²) in [5.74, 6) is 0.283. The fraction of sp³-hybridized carbons (Fsp3) is 0.412. The minimum Gasteiger partial charge on any atom is -0.338 e. The van der Waals surface area contributed by atoms with Gasteiger partial charge in [-0.1, -0.05) is 0 Å². The summed E-state index contributed by atoms with van der Waals surface area (Å²) in [6.45, 7) is 4.53. The van der Waals surface area contributed by atoms with Gasteiger partial charge in [-0.3, -0.25) is 4.79 Å². The van der Waals surface area contributed by atoms with Crippen LogP contribution in [0.4, 0.5) is 0 Å². The highest BCUT2D eigenvalue weighted by Crippen LogP contribution is 2.31. The Bertz CT molecular complexity index is 917. The van der Waals surface area contributed by atoms with Crippen molar-refractivity contribution in [3.63, 3.8) is 0 Å². The van der Waals surface area contributed by atoms with Gasteiger partial charge in [0.2, 0.25) is 0 Å². The van der Waals surface area contributed by atoms with Gasteiger partial charge in [0.15, 0.2) is 5.65 Å². The molecule has 1 atom stereocenters. The van der Waals surface area contributed by atoms with Crippen LogP contribution in [0, 0.1) is 6.92 Å². The Morgan fingerprint density at radius 2 is 2.24 bits per heavy atom. The molecule has 25 heavy (non-hydrogen) atoms. The van der Waals surface area contributed by atoms with Crippen LogP contribution in [0.2, 0.25) is 0 Å². The molecule has 0 radical (unpaired) electrons. The van der Waals surface area contributed by atoms with Crippen molar-refractivity contribution in [2.24, 2.45) is 5.73 Å². The van der Waals surface area contributed by atoms with Crippen LogP contribution in [0.5, 0.6) is 0 Å². The number of rotatable bonds is 4. The molecule has 0 aliphatic carbocycles. The normalized spacial score (nSPS) is 17.5. The van der Waals surface area contributed by atoms with Crippen molar-refractivity contribution >= 4 is 28.4 Å². The number of aryl methyl sites for hydroxylation is 1. The third-order valence-corrected chi connectivity index (χ3v) is 5.44. The van der Waals surface area contributed by atoms with Crippen LogP contribution in [-0.2, 0) is 6.54 Å². The lowest BCUT2D eigenvalue weighted by Crippen LogP contribution is -2.28. The van der Waals surface area contributed by atoms with Crippen LogP contribution < -0.4 is 5.73 Å². The van der Waals surface area contributed by atoms with E-state index in [2.05, 4.69) is 9.97 Å². The lowest BCUT2D eigenvalue weighted by molar-refractivity contribution is 0.0791. The number of thiophene rings is 1. The molecular formula is C17H20N6OS. The fourth-order valence-corrected chi connectivity index (χ4v) is 4.06. The molecule has 3 aromatic rings. The number of fused-ring (bicyclic) bond motifs is 1. The Kier molecular flexibility index (Phi) is 4.22. The van der Waals surface area contributed by atoms with Crippen LogP contribution in [0.3, 0.4) is 0 Å². The molecule has 130 valence electrons. The highest BCUT2D eigenvalue weighted by Gasteiger charge is 2.32. The molecule has 1 aliphatic heterocycles. The van der Waals surface area contributed by atoms with Crippen molar-refractivity contribution in [2.45, 2.75) is 25.8 Å². The van der Waals surface area contributed by atoms with E-state index < -0.39 is 0 Å². The lowest BCUT2D eigenvalue weighted by Gasteiger charge is -2.15. The predicted octanol–water partition coefficient (Wildman–Crippen LogP) is 1.78. The van der Waals surface area contributed by atoms with E-state index in [4.69, 9.17) is 10.8 Å². The van der Waals surface area contributed by atoms with E-state index in [-0.39, 0.29) is 11.8 Å². The number of aromatic nitrogens is 4. The molecule has 1 amide bonds. The standard InChI is InChI=1S/C17H20N6OS/c1-11-8-13(10-25-11)17(24)22-6-2-12(9-22)14-15-16(20-5-4-19-15)23(21-14)7-3-18/h4-5,8,10,12H,2-3,6-7,9,18H2,1H3. The van der Waals surface area contributed by atoms with E-state index in [1.165, 1.54) is 0 Å². The first kappa shape index (κ1) is 16.2. The number of carbonyl (C=O) groups excluding carboxylic acids is 1. The molecule has 2 N–H and O–H groups in total. The Morgan fingerprint density at radius 3 is 3.00 bits per heavy atom. The molecule has 0 spiro atoms. The van der Waals surface area contributed by atoms with Gasteiger partial charge in [0, 0.05) is 48.2 Å². The van der Waals surface area contributed by atoms with Crippen molar-refractivity contribution in [1.82, 2.24) is 24.6 Å². The van der Waals surface area contributed by atoms with Gasteiger partial charge in [0.25, 0.3) is 5.91 Å². The summed E-state index contributed by atoms with van der Waals surface area (Å²) in [5.41, 5.74) is 8.97. The van der Waals surface area contributed by atoms with Crippen LogP contribution in [0.25, 0.3) is 11.2 Å². The zero-order valence-corrected chi connectivity index (χ0v) is 14.9. The largest absolute Gasteiger partial charge is 0.338 e. The highest BCUT2D eigenvalue weighted by molar-refractivity contribution is 7.10. The molecule has 0 bridgehead atoms. The van der Waals surface area contributed by atoms with Gasteiger partial charge < -0.3 is 10.6 Å². The fourth-order valence-electron chi connectivity index (χ4n) is 3.38. The zero-order valence-electron chi connectivity index (χ0n) is 14.1. The monoisotopic (exact) mass is 356 g/mol. The predicted molar refractivity (Wildman–Crippen MR) is 96.7 cm³/mol. The molecule has 0 saturated carbocycles. The van der Waals surface area contributed by atoms with Crippen LogP contribution in [0.15, 0.2) is 23.8 Å². The first-order valence-corrected chi connectivity index (χ1v) is 9.27. The minimum absolute atomic E-state index is 0.101. The number of hydrogen-bond acceptors (Lipinski definition) is 6. The molecule has 1 saturated heterocycles. The van der Waals surface area contributed by atoms with E-state index in [1.54, 1.807) is 23.7 Å². The molecular weight excluding hydrogens is 336 g/mol. The molecule has 4 heterocycles. The zero-order chi connectivity index (χ0) is 17.4. The first-order chi connectivity index (χ1) is 12.2. The molecule has 1 unspecified atom stereocenters. The summed E-state index contributed by atoms with van der Waals surface area (Å²) < 4.78 is 1.82. The second kappa shape index (κ2) is 6.53. The van der Waals surface area contributed by atoms with Crippen LogP contribution in [0.1, 0.15) is 33.3 Å². The minimum atomic E-state index is 0.101. The average Bonchev–Trinajstić information content (AvgIpc) is 3.33. The molecule has 4 rings (SSSR count). The number of hydrogen-bond donors (Lipinski definition) is 1. The Labute approximate surface area is 149 Å². The van der Waals surface area contributed by atoms with Gasteiger partial charge in [0.1, 0.15) is 5.52 Å². The Balaban J connectivity index is 1.59. The van der Waals surface area contributed by atoms with E-state index in [9.17, 15) is 4.79 Å². The van der Waals surface area contributed by atoms with E-state index in [0.29, 0.717) is 19.6 Å². The van der Waals surface area contributed by atoms with Crippen LogP contribution >= 0.6 is 11.3 Å². The van der Waals surface area contributed by atoms with Crippen molar-refractivity contribution in [3.05, 3.63) is 40.0 Å². The number of amides is 1. The third-order valence-electron chi connectivity index (χ3n) is 4.58. The number of likely N-dealkylation sites (tertiary alicyclic amines) is 1. The number of nitrogens with zero attached hydrogens (tertiary/aromatic N) is 5. The molecule has 1 fully saturated rings. The lowest BCUT2D eigenvalue weighted by atomic mass is 10.0. The second-order valence-electron chi connectivity index (χ2n) is 6.31. The molecule has 8 heteroatoms. The average molecular weight is 356 g/mol. The maximum absolute atomic E-state index is 12.7. The van der Waals surface area contributed by atoms with Gasteiger partial charge in [0.05, 0.1) is 17.8 Å². The van der Waals surface area contributed by atoms with E-state index in [1.807, 2.05) is 28.0 Å². The summed E-state index contributed by atoms with van der Waals surface area (Å²) in [6, 6.07) is 1.96. The molecule has 7 nitrogen and oxygen atoms in total. The van der Waals surface area contributed by atoms with Gasteiger partial charge in [-0.25, -0.2) is 14.6 Å². The summed E-state index contributed by atoms with van der Waals surface area (Å²) >= 11 is 1.61. The SMILES string of the molecule is Cc1cc(C(=O)N2CCC(c3nn(CCN)c4nccnc34)C2)cs1. The Morgan fingerprint density at radius 1 is 1.40 bits per heavy atom. The quantitative estimate of drug-likeness (QED) is 0.770. The Hall–Kier alpha value is -2.32. The van der Waals surface area contributed by atoms with Gasteiger partial charge >= 0.3 is 0 Å². The third kappa shape index (κ3) is 2.91. The van der Waals surface area contributed by atoms with Gasteiger partial charge in [-0.2, -0.15) is 5.10 Å². The molecule has 1 aliphatic rings. The summed E-state index contributed by atoms with van der Waals surface area (Å²) in [4.78, 5) is 24.6. The van der Waals surface area contributed by atoms with Crippen LogP contribution in [-0.4, -0.2) is 50.2 Å². The highest BCUT2D eigenvalue weighted by atomic mass is 32.1. The van der Waals surface area contributed by atoms with E-state index >= 15 is 0 Å². The topological polar surface area (TPSA) is 89.9 Å². The molecule has 3 aromatic heterocycles. The van der Waals surface area contributed by atoms with E-state index in [0.717, 1.165) is 40.3 Å². The van der Waals surface area contributed by atoms with Crippen molar-refractivity contribution in [2.75, 3.05) is 19.6 Å². The summed E-state index contributed by atoms with van der Waals surface area (Å²) in [6.07, 6.45) is 4.25. The second-order valence-corrected chi connectivity index (χ2v) is 7.42. The maximum Gasteiger partial charge on any atom is 0.254 e. The number of carbonyl (C=O) groups is 1. The number of nitrogens with two attached hydrogens (primary N) is 1. The van der Waals surface area contributed by atoms with Gasteiger partial charge in [-0.15, -0.1) is 11.3 Å².